The molecule has 0 bridgehead atoms. The second-order valence-electron chi connectivity index (χ2n) is 9.58. The monoisotopic (exact) mass is 406 g/mol. The van der Waals surface area contributed by atoms with Crippen LogP contribution >= 0.6 is 0 Å². The maximum atomic E-state index is 12.8. The van der Waals surface area contributed by atoms with Gasteiger partial charge in [0.1, 0.15) is 33.1 Å². The molecule has 1 unspecified atom stereocenters. The van der Waals surface area contributed by atoms with E-state index in [1.807, 2.05) is 41.5 Å². The number of rotatable bonds is 1. The van der Waals surface area contributed by atoms with E-state index in [0.29, 0.717) is 13.1 Å². The van der Waals surface area contributed by atoms with Gasteiger partial charge in [-0.3, -0.25) is 9.97 Å². The summed E-state index contributed by atoms with van der Waals surface area (Å²) in [6.07, 6.45) is 5.23. The zero-order chi connectivity index (χ0) is 20.7. The highest BCUT2D eigenvalue weighted by Crippen LogP contribution is 2.44. The molecule has 28 heavy (non-hydrogen) atoms. The molecule has 1 spiro atoms. The Morgan fingerprint density at radius 2 is 1.79 bits per heavy atom. The predicted octanol–water partition coefficient (Wildman–Crippen LogP) is 3.30. The van der Waals surface area contributed by atoms with Crippen LogP contribution in [0.4, 0.5) is 4.79 Å². The van der Waals surface area contributed by atoms with Gasteiger partial charge in [0.05, 0.1) is 5.69 Å². The second kappa shape index (κ2) is 7.30. The Bertz CT molecular complexity index is 774. The minimum Gasteiger partial charge on any atom is -0.591 e. The van der Waals surface area contributed by atoms with E-state index in [1.165, 1.54) is 0 Å². The van der Waals surface area contributed by atoms with Crippen LogP contribution in [-0.2, 0) is 22.5 Å². The normalized spacial score (nSPS) is 21.7. The van der Waals surface area contributed by atoms with Gasteiger partial charge in [-0.1, -0.05) is 4.40 Å². The van der Waals surface area contributed by atoms with Crippen molar-refractivity contribution in [1.82, 2.24) is 14.9 Å². The van der Waals surface area contributed by atoms with Crippen LogP contribution in [0.15, 0.2) is 16.8 Å². The Kier molecular flexibility index (Phi) is 5.49. The highest BCUT2D eigenvalue weighted by Gasteiger charge is 2.49. The van der Waals surface area contributed by atoms with E-state index in [2.05, 4.69) is 14.4 Å². The van der Waals surface area contributed by atoms with Gasteiger partial charge in [-0.2, -0.15) is 0 Å². The summed E-state index contributed by atoms with van der Waals surface area (Å²) < 4.78 is 22.5. The van der Waals surface area contributed by atoms with E-state index in [4.69, 9.17) is 4.74 Å². The Balaban J connectivity index is 1.85. The second-order valence-corrected chi connectivity index (χ2v) is 11.5. The van der Waals surface area contributed by atoms with Gasteiger partial charge in [0.15, 0.2) is 0 Å². The van der Waals surface area contributed by atoms with Crippen LogP contribution in [0.5, 0.6) is 0 Å². The molecule has 0 saturated carbocycles. The maximum Gasteiger partial charge on any atom is 0.410 e. The molecule has 1 saturated heterocycles. The van der Waals surface area contributed by atoms with Crippen molar-refractivity contribution in [3.8, 4) is 0 Å². The fourth-order valence-corrected chi connectivity index (χ4v) is 4.29. The van der Waals surface area contributed by atoms with E-state index in [-0.39, 0.29) is 11.5 Å². The third kappa shape index (κ3) is 4.33. The Morgan fingerprint density at radius 3 is 2.36 bits per heavy atom. The minimum atomic E-state index is -1.38. The first-order valence-electron chi connectivity index (χ1n) is 9.71. The number of aromatic nitrogens is 2. The number of carbonyl (C=O) groups is 1. The molecule has 1 aliphatic carbocycles. The third-order valence-corrected chi connectivity index (χ3v) is 6.47. The van der Waals surface area contributed by atoms with Gasteiger partial charge in [0.2, 0.25) is 0 Å². The summed E-state index contributed by atoms with van der Waals surface area (Å²) in [6.45, 7) is 12.5. The van der Waals surface area contributed by atoms with Crippen molar-refractivity contribution in [2.24, 2.45) is 9.81 Å². The molecule has 1 atom stereocenters. The van der Waals surface area contributed by atoms with Gasteiger partial charge in [-0.15, -0.1) is 0 Å². The van der Waals surface area contributed by atoms with Crippen molar-refractivity contribution in [1.29, 1.82) is 0 Å². The molecular formula is C20H30N4O3S. The number of carbonyl (C=O) groups excluding carboxylic acids is 1. The Hall–Kier alpha value is -1.67. The molecule has 1 aliphatic heterocycles. The molecule has 154 valence electrons. The van der Waals surface area contributed by atoms with Crippen LogP contribution in [0, 0.1) is 5.41 Å². The van der Waals surface area contributed by atoms with E-state index < -0.39 is 21.7 Å². The van der Waals surface area contributed by atoms with E-state index >= 15 is 0 Å². The molecule has 7 nitrogen and oxygen atoms in total. The molecule has 1 aromatic heterocycles. The van der Waals surface area contributed by atoms with E-state index in [9.17, 15) is 9.35 Å². The van der Waals surface area contributed by atoms with Gasteiger partial charge in [-0.25, -0.2) is 4.79 Å². The molecule has 1 fully saturated rings. The summed E-state index contributed by atoms with van der Waals surface area (Å²) >= 11 is -1.38. The zero-order valence-electron chi connectivity index (χ0n) is 17.6. The fraction of sp³-hybridized carbons (Fsp3) is 0.700. The average molecular weight is 407 g/mol. The molecule has 3 rings (SSSR count). The first-order valence-corrected chi connectivity index (χ1v) is 10.8. The maximum absolute atomic E-state index is 12.8. The van der Waals surface area contributed by atoms with Gasteiger partial charge in [0, 0.05) is 37.3 Å². The molecule has 8 heteroatoms. The lowest BCUT2D eigenvalue weighted by Gasteiger charge is -2.39. The molecule has 0 aromatic carbocycles. The lowest BCUT2D eigenvalue weighted by molar-refractivity contribution is 0.0159. The minimum absolute atomic E-state index is 0.275. The first-order chi connectivity index (χ1) is 12.9. The van der Waals surface area contributed by atoms with E-state index in [0.717, 1.165) is 36.4 Å². The van der Waals surface area contributed by atoms with Gasteiger partial charge in [0.25, 0.3) is 0 Å². The van der Waals surface area contributed by atoms with Crippen LogP contribution in [0.1, 0.15) is 65.8 Å². The lowest BCUT2D eigenvalue weighted by atomic mass is 9.75. The summed E-state index contributed by atoms with van der Waals surface area (Å²) in [5.74, 6) is 0. The van der Waals surface area contributed by atoms with Crippen LogP contribution in [-0.4, -0.2) is 54.7 Å². The van der Waals surface area contributed by atoms with Gasteiger partial charge >= 0.3 is 6.09 Å². The average Bonchev–Trinajstić information content (AvgIpc) is 2.86. The smallest absolute Gasteiger partial charge is 0.410 e. The summed E-state index contributed by atoms with van der Waals surface area (Å²) in [5.41, 5.74) is 1.65. The SMILES string of the molecule is CC(C)(C)OC(=O)N1CCC2(CC1)Cc1nccnc1/C2=N\[S+]([O-])C(C)(C)C. The highest BCUT2D eigenvalue weighted by atomic mass is 32.2. The standard InChI is InChI=1S/C20H30N4O3S/c1-18(2,3)27-17(25)24-11-7-20(8-12-24)13-14-15(22-10-9-21-14)16(20)23-28(26)19(4,5)6/h9-10H,7-8,11-13H2,1-6H3/b23-16+. The number of piperidine rings is 1. The van der Waals surface area contributed by atoms with Crippen molar-refractivity contribution in [3.63, 3.8) is 0 Å². The highest BCUT2D eigenvalue weighted by molar-refractivity contribution is 7.91. The van der Waals surface area contributed by atoms with Crippen molar-refractivity contribution in [2.75, 3.05) is 13.1 Å². The number of likely N-dealkylation sites (tertiary alicyclic amines) is 1. The molecule has 0 radical (unpaired) electrons. The Labute approximate surface area is 170 Å². The van der Waals surface area contributed by atoms with Crippen LogP contribution in [0.25, 0.3) is 0 Å². The van der Waals surface area contributed by atoms with Crippen molar-refractivity contribution < 1.29 is 14.1 Å². The fourth-order valence-electron chi connectivity index (χ4n) is 3.57. The summed E-state index contributed by atoms with van der Waals surface area (Å²) in [6, 6.07) is 0. The van der Waals surface area contributed by atoms with Crippen molar-refractivity contribution in [3.05, 3.63) is 23.8 Å². The predicted molar refractivity (Wildman–Crippen MR) is 110 cm³/mol. The first kappa shape index (κ1) is 21.0. The number of amides is 1. The van der Waals surface area contributed by atoms with E-state index in [1.54, 1.807) is 17.3 Å². The summed E-state index contributed by atoms with van der Waals surface area (Å²) in [5, 5.41) is 0. The number of fused-ring (bicyclic) bond motifs is 1. The molecule has 1 aromatic rings. The summed E-state index contributed by atoms with van der Waals surface area (Å²) in [4.78, 5) is 23.2. The van der Waals surface area contributed by atoms with Gasteiger partial charge in [-0.05, 0) is 54.4 Å². The number of ether oxygens (including phenoxy) is 1. The molecule has 2 heterocycles. The number of hydrogen-bond acceptors (Lipinski definition) is 6. The third-order valence-electron chi connectivity index (χ3n) is 5.08. The zero-order valence-corrected chi connectivity index (χ0v) is 18.4. The molecule has 2 aliphatic rings. The van der Waals surface area contributed by atoms with Crippen LogP contribution < -0.4 is 0 Å². The number of nitrogens with zero attached hydrogens (tertiary/aromatic N) is 4. The molecule has 0 N–H and O–H groups in total. The van der Waals surface area contributed by atoms with Crippen LogP contribution in [0.2, 0.25) is 0 Å². The van der Waals surface area contributed by atoms with Gasteiger partial charge < -0.3 is 14.2 Å². The lowest BCUT2D eigenvalue weighted by Crippen LogP contribution is -2.47. The Morgan fingerprint density at radius 1 is 1.18 bits per heavy atom. The molecule has 1 amide bonds. The largest absolute Gasteiger partial charge is 0.591 e. The quantitative estimate of drug-likeness (QED) is 0.668. The number of hydrogen-bond donors (Lipinski definition) is 0. The molecular weight excluding hydrogens is 376 g/mol. The van der Waals surface area contributed by atoms with Crippen molar-refractivity contribution in [2.45, 2.75) is 71.2 Å². The summed E-state index contributed by atoms with van der Waals surface area (Å²) in [7, 11) is 0. The van der Waals surface area contributed by atoms with Crippen molar-refractivity contribution >= 4 is 23.2 Å². The van der Waals surface area contributed by atoms with Crippen LogP contribution in [0.3, 0.4) is 0 Å². The topological polar surface area (TPSA) is 90.7 Å².